The molecule has 0 saturated heterocycles. The highest BCUT2D eigenvalue weighted by molar-refractivity contribution is 5.35. The van der Waals surface area contributed by atoms with Crippen molar-refractivity contribution in [3.8, 4) is 5.75 Å². The molecule has 0 aliphatic heterocycles. The van der Waals surface area contributed by atoms with Crippen molar-refractivity contribution in [3.63, 3.8) is 0 Å². The topological polar surface area (TPSA) is 61.7 Å². The van der Waals surface area contributed by atoms with Gasteiger partial charge in [0.05, 0.1) is 0 Å². The summed E-state index contributed by atoms with van der Waals surface area (Å²) in [5.41, 5.74) is 2.28. The van der Waals surface area contributed by atoms with Crippen molar-refractivity contribution in [1.29, 1.82) is 0 Å². The van der Waals surface area contributed by atoms with Crippen molar-refractivity contribution in [1.82, 2.24) is 5.32 Å². The summed E-state index contributed by atoms with van der Waals surface area (Å²) in [4.78, 5) is 0. The quantitative estimate of drug-likeness (QED) is 0.666. The van der Waals surface area contributed by atoms with Crippen LogP contribution in [0.2, 0.25) is 0 Å². The van der Waals surface area contributed by atoms with Crippen LogP contribution >= 0.6 is 0 Å². The summed E-state index contributed by atoms with van der Waals surface area (Å²) in [6.07, 6.45) is 0.131. The molecule has 1 aromatic rings. The molecule has 0 amide bonds. The molecule has 0 aliphatic carbocycles. The Bertz CT molecular complexity index is 382. The van der Waals surface area contributed by atoms with E-state index in [-0.39, 0.29) is 19.3 Å². The standard InChI is InChI=1S/C15H25NO3/c1-11-4-5-15(12(2)8-11)19-10-14(18)9-16-13(3)6-7-17/h4-5,8,13-14,16-18H,6-7,9-10H2,1-3H3/t13-,14-/m0/s1. The summed E-state index contributed by atoms with van der Waals surface area (Å²) in [5, 5.41) is 21.8. The van der Waals surface area contributed by atoms with Gasteiger partial charge in [-0.3, -0.25) is 0 Å². The third kappa shape index (κ3) is 6.05. The largest absolute Gasteiger partial charge is 0.491 e. The number of nitrogens with one attached hydrogen (secondary N) is 1. The van der Waals surface area contributed by atoms with Crippen LogP contribution in [0.3, 0.4) is 0 Å². The summed E-state index contributed by atoms with van der Waals surface area (Å²) >= 11 is 0. The highest BCUT2D eigenvalue weighted by atomic mass is 16.5. The molecule has 4 nitrogen and oxygen atoms in total. The highest BCUT2D eigenvalue weighted by Gasteiger charge is 2.08. The maximum atomic E-state index is 9.82. The molecule has 4 heteroatoms. The number of aliphatic hydroxyl groups is 2. The van der Waals surface area contributed by atoms with E-state index < -0.39 is 6.10 Å². The van der Waals surface area contributed by atoms with Crippen LogP contribution in [0.25, 0.3) is 0 Å². The minimum atomic E-state index is -0.554. The van der Waals surface area contributed by atoms with Crippen molar-refractivity contribution >= 4 is 0 Å². The van der Waals surface area contributed by atoms with Gasteiger partial charge < -0.3 is 20.3 Å². The molecule has 0 unspecified atom stereocenters. The fourth-order valence-electron chi connectivity index (χ4n) is 1.84. The van der Waals surface area contributed by atoms with Crippen molar-refractivity contribution in [3.05, 3.63) is 29.3 Å². The van der Waals surface area contributed by atoms with Gasteiger partial charge in [0.2, 0.25) is 0 Å². The zero-order valence-corrected chi connectivity index (χ0v) is 12.0. The van der Waals surface area contributed by atoms with E-state index in [0.29, 0.717) is 13.0 Å². The summed E-state index contributed by atoms with van der Waals surface area (Å²) in [6.45, 7) is 6.90. The van der Waals surface area contributed by atoms with Crippen LogP contribution in [0.1, 0.15) is 24.5 Å². The van der Waals surface area contributed by atoms with Gasteiger partial charge in [-0.25, -0.2) is 0 Å². The van der Waals surface area contributed by atoms with Gasteiger partial charge in [-0.2, -0.15) is 0 Å². The molecule has 3 N–H and O–H groups in total. The molecular formula is C15H25NO3. The Morgan fingerprint density at radius 3 is 2.68 bits per heavy atom. The number of ether oxygens (including phenoxy) is 1. The molecular weight excluding hydrogens is 242 g/mol. The molecule has 0 spiro atoms. The number of aryl methyl sites for hydroxylation is 2. The van der Waals surface area contributed by atoms with E-state index in [0.717, 1.165) is 11.3 Å². The Labute approximate surface area is 115 Å². The van der Waals surface area contributed by atoms with E-state index >= 15 is 0 Å². The first-order valence-corrected chi connectivity index (χ1v) is 6.75. The molecule has 0 aromatic heterocycles. The maximum absolute atomic E-state index is 9.82. The van der Waals surface area contributed by atoms with E-state index in [1.165, 1.54) is 5.56 Å². The fraction of sp³-hybridized carbons (Fsp3) is 0.600. The lowest BCUT2D eigenvalue weighted by molar-refractivity contribution is 0.102. The summed E-state index contributed by atoms with van der Waals surface area (Å²) < 4.78 is 5.61. The van der Waals surface area contributed by atoms with E-state index in [9.17, 15) is 5.11 Å². The second kappa shape index (κ2) is 8.15. The average molecular weight is 267 g/mol. The van der Waals surface area contributed by atoms with Gasteiger partial charge in [0.1, 0.15) is 18.5 Å². The SMILES string of the molecule is Cc1ccc(OC[C@@H](O)CN[C@@H](C)CCO)c(C)c1. The van der Waals surface area contributed by atoms with Crippen LogP contribution in [-0.4, -0.2) is 42.1 Å². The summed E-state index contributed by atoms with van der Waals surface area (Å²) in [6, 6.07) is 6.18. The molecule has 1 rings (SSSR count). The Morgan fingerprint density at radius 1 is 1.32 bits per heavy atom. The third-order valence-corrected chi connectivity index (χ3v) is 3.03. The summed E-state index contributed by atoms with van der Waals surface area (Å²) in [5.74, 6) is 0.813. The predicted molar refractivity (Wildman–Crippen MR) is 76.6 cm³/mol. The molecule has 2 atom stereocenters. The lowest BCUT2D eigenvalue weighted by atomic mass is 10.1. The van der Waals surface area contributed by atoms with Crippen molar-refractivity contribution in [2.45, 2.75) is 39.3 Å². The monoisotopic (exact) mass is 267 g/mol. The van der Waals surface area contributed by atoms with Crippen molar-refractivity contribution in [2.75, 3.05) is 19.8 Å². The van der Waals surface area contributed by atoms with Crippen LogP contribution in [0.5, 0.6) is 5.75 Å². The lowest BCUT2D eigenvalue weighted by Crippen LogP contribution is -2.37. The van der Waals surface area contributed by atoms with Crippen LogP contribution in [-0.2, 0) is 0 Å². The van der Waals surface area contributed by atoms with Gasteiger partial charge in [0.25, 0.3) is 0 Å². The Balaban J connectivity index is 2.31. The molecule has 0 aliphatic rings. The molecule has 0 fully saturated rings. The molecule has 0 heterocycles. The number of aliphatic hydroxyl groups excluding tert-OH is 2. The number of hydrogen-bond acceptors (Lipinski definition) is 4. The van der Waals surface area contributed by atoms with Crippen LogP contribution in [0.15, 0.2) is 18.2 Å². The molecule has 19 heavy (non-hydrogen) atoms. The van der Waals surface area contributed by atoms with Gasteiger partial charge in [-0.15, -0.1) is 0 Å². The molecule has 108 valence electrons. The summed E-state index contributed by atoms with van der Waals surface area (Å²) in [7, 11) is 0. The maximum Gasteiger partial charge on any atom is 0.122 e. The number of rotatable bonds is 8. The van der Waals surface area contributed by atoms with Crippen molar-refractivity contribution in [2.24, 2.45) is 0 Å². The average Bonchev–Trinajstić information content (AvgIpc) is 2.35. The first-order chi connectivity index (χ1) is 9.02. The molecule has 0 radical (unpaired) electrons. The lowest BCUT2D eigenvalue weighted by Gasteiger charge is -2.17. The van der Waals surface area contributed by atoms with Crippen LogP contribution in [0.4, 0.5) is 0 Å². The number of hydrogen-bond donors (Lipinski definition) is 3. The van der Waals surface area contributed by atoms with Crippen LogP contribution < -0.4 is 10.1 Å². The third-order valence-electron chi connectivity index (χ3n) is 3.03. The van der Waals surface area contributed by atoms with E-state index in [2.05, 4.69) is 11.4 Å². The fourth-order valence-corrected chi connectivity index (χ4v) is 1.84. The first kappa shape index (κ1) is 16.0. The van der Waals surface area contributed by atoms with Gasteiger partial charge in [0, 0.05) is 19.2 Å². The smallest absolute Gasteiger partial charge is 0.122 e. The van der Waals surface area contributed by atoms with E-state index in [1.807, 2.05) is 32.9 Å². The van der Waals surface area contributed by atoms with E-state index in [1.54, 1.807) is 0 Å². The Kier molecular flexibility index (Phi) is 6.84. The van der Waals surface area contributed by atoms with Gasteiger partial charge in [0.15, 0.2) is 0 Å². The van der Waals surface area contributed by atoms with Crippen LogP contribution in [0, 0.1) is 13.8 Å². The van der Waals surface area contributed by atoms with Gasteiger partial charge in [-0.1, -0.05) is 17.7 Å². The zero-order chi connectivity index (χ0) is 14.3. The van der Waals surface area contributed by atoms with Gasteiger partial charge >= 0.3 is 0 Å². The number of benzene rings is 1. The van der Waals surface area contributed by atoms with E-state index in [4.69, 9.17) is 9.84 Å². The normalized spacial score (nSPS) is 14.2. The molecule has 0 bridgehead atoms. The molecule has 0 saturated carbocycles. The second-order valence-electron chi connectivity index (χ2n) is 5.06. The minimum absolute atomic E-state index is 0.156. The Morgan fingerprint density at radius 2 is 2.05 bits per heavy atom. The zero-order valence-electron chi connectivity index (χ0n) is 12.0. The highest BCUT2D eigenvalue weighted by Crippen LogP contribution is 2.18. The first-order valence-electron chi connectivity index (χ1n) is 6.75. The minimum Gasteiger partial charge on any atom is -0.491 e. The van der Waals surface area contributed by atoms with Gasteiger partial charge in [-0.05, 0) is 38.8 Å². The van der Waals surface area contributed by atoms with Crippen molar-refractivity contribution < 1.29 is 14.9 Å². The molecule has 1 aromatic carbocycles. The predicted octanol–water partition coefficient (Wildman–Crippen LogP) is 1.40. The second-order valence-corrected chi connectivity index (χ2v) is 5.06. The Hall–Kier alpha value is -1.10.